The van der Waals surface area contributed by atoms with Crippen molar-refractivity contribution in [2.75, 3.05) is 0 Å². The summed E-state index contributed by atoms with van der Waals surface area (Å²) in [6.07, 6.45) is 5.75. The number of halogens is 10. The molecule has 276 valence electrons. The minimum atomic E-state index is -1.19. The minimum absolute atomic E-state index is 0.00804. The number of hydrogen-bond donors (Lipinski definition) is 0. The van der Waals surface area contributed by atoms with Gasteiger partial charge in [-0.3, -0.25) is 14.4 Å². The lowest BCUT2D eigenvalue weighted by atomic mass is 10.1. The minimum Gasteiger partial charge on any atom is -0.306 e. The van der Waals surface area contributed by atoms with E-state index in [1.54, 1.807) is 13.8 Å². The Morgan fingerprint density at radius 2 is 1.08 bits per heavy atom. The predicted molar refractivity (Wildman–Crippen MR) is 194 cm³/mol. The smallest absolute Gasteiger partial charge is 0.261 e. The Hall–Kier alpha value is -4.45. The number of rotatable bonds is 8. The summed E-state index contributed by atoms with van der Waals surface area (Å²) in [4.78, 5) is 36.5. The fraction of sp³-hybridized carbons (Fsp3) is 0.147. The van der Waals surface area contributed by atoms with E-state index >= 15 is 0 Å². The summed E-state index contributed by atoms with van der Waals surface area (Å²) in [6, 6.07) is 4.75. The van der Waals surface area contributed by atoms with Crippen LogP contribution >= 0.6 is 55.1 Å². The molecule has 0 amide bonds. The number of alkyl halides is 2. The number of carbonyl (C=O) groups is 1. The summed E-state index contributed by atoms with van der Waals surface area (Å²) in [5, 5.41) is 8.57. The van der Waals surface area contributed by atoms with Crippen molar-refractivity contribution in [3.8, 4) is 33.9 Å². The van der Waals surface area contributed by atoms with Gasteiger partial charge in [0.15, 0.2) is 6.29 Å². The second kappa shape index (κ2) is 16.3. The Labute approximate surface area is 322 Å². The molecule has 6 rings (SSSR count). The molecule has 19 heteroatoms. The van der Waals surface area contributed by atoms with Gasteiger partial charge >= 0.3 is 0 Å². The number of aromatic nitrogens is 6. The molecule has 0 fully saturated rings. The lowest BCUT2D eigenvalue weighted by molar-refractivity contribution is 0.112. The van der Waals surface area contributed by atoms with Crippen molar-refractivity contribution in [3.63, 3.8) is 0 Å². The van der Waals surface area contributed by atoms with Crippen LogP contribution in [0.1, 0.15) is 33.5 Å². The monoisotopic (exact) mass is 904 g/mol. The van der Waals surface area contributed by atoms with Gasteiger partial charge in [0.05, 0.1) is 61.9 Å². The molecule has 0 aliphatic carbocycles. The summed E-state index contributed by atoms with van der Waals surface area (Å²) >= 11 is 18.3. The number of nitrogens with zero attached hydrogens (tertiary/aromatic N) is 6. The van der Waals surface area contributed by atoms with Crippen molar-refractivity contribution in [2.24, 2.45) is 0 Å². The molecule has 6 aromatic rings. The van der Waals surface area contributed by atoms with Crippen LogP contribution in [-0.2, 0) is 13.1 Å². The Morgan fingerprint density at radius 1 is 0.679 bits per heavy atom. The van der Waals surface area contributed by atoms with Crippen molar-refractivity contribution in [1.82, 2.24) is 28.7 Å². The number of aldehydes is 1. The quantitative estimate of drug-likeness (QED) is 0.0863. The van der Waals surface area contributed by atoms with Gasteiger partial charge in [0.25, 0.3) is 11.1 Å². The van der Waals surface area contributed by atoms with Gasteiger partial charge < -0.3 is 9.13 Å². The Bertz CT molecular complexity index is 2460. The third-order valence-electron chi connectivity index (χ3n) is 7.67. The molecule has 9 nitrogen and oxygen atoms in total. The highest BCUT2D eigenvalue weighted by Gasteiger charge is 2.26. The molecule has 0 aliphatic rings. The second-order valence-electron chi connectivity index (χ2n) is 10.9. The molecular weight excluding hydrogens is 885 g/mol. The SMILES string of the molecule is CCn1c(-c2c(F)cc(F)cc2F)c(-n2cc(Cl)cn2)cc(C(Br)Br)c1=O.CCn1c(-c2c(F)cc(F)cc2F)c(-n2cc(Cl)cn2)cc(C=O)c1=O. The molecule has 0 saturated carbocycles. The van der Waals surface area contributed by atoms with Crippen LogP contribution in [0.5, 0.6) is 0 Å². The van der Waals surface area contributed by atoms with E-state index in [0.717, 1.165) is 10.6 Å². The molecule has 0 radical (unpaired) electrons. The maximum Gasteiger partial charge on any atom is 0.261 e. The lowest BCUT2D eigenvalue weighted by Crippen LogP contribution is -2.27. The van der Waals surface area contributed by atoms with Gasteiger partial charge in [0, 0.05) is 55.3 Å². The molecule has 53 heavy (non-hydrogen) atoms. The van der Waals surface area contributed by atoms with Crippen molar-refractivity contribution >= 4 is 61.3 Å². The summed E-state index contributed by atoms with van der Waals surface area (Å²) in [6.45, 7) is 3.35. The number of benzene rings is 2. The first kappa shape index (κ1) is 39.8. The molecule has 0 bridgehead atoms. The van der Waals surface area contributed by atoms with Gasteiger partial charge in [0.1, 0.15) is 38.6 Å². The highest BCUT2D eigenvalue weighted by Crippen LogP contribution is 2.36. The second-order valence-corrected chi connectivity index (χ2v) is 14.8. The van der Waals surface area contributed by atoms with Crippen molar-refractivity contribution in [2.45, 2.75) is 30.7 Å². The number of carbonyl (C=O) groups excluding carboxylic acids is 1. The molecule has 0 saturated heterocycles. The molecule has 0 unspecified atom stereocenters. The standard InChI is InChI=1S/C17H11Br2ClF3N3O.C17H11ClF3N3O2/c1-2-25-15(14-11(22)3-9(21)4-12(14)23)13(26-7-8(20)6-24-26)5-10(16(18)19)17(25)27;1-2-23-16(15-12(20)4-11(19)5-13(15)21)14(3-9(8-25)17(23)26)24-7-10(18)6-22-24/h3-7,16H,2H2,1H3;3-8H,2H2,1H3. The van der Waals surface area contributed by atoms with E-state index in [4.69, 9.17) is 23.2 Å². The molecular formula is C34H22Br2Cl2F6N6O3. The molecule has 0 N–H and O–H groups in total. The molecule has 4 heterocycles. The van der Waals surface area contributed by atoms with E-state index in [0.29, 0.717) is 41.1 Å². The van der Waals surface area contributed by atoms with E-state index in [2.05, 4.69) is 42.1 Å². The van der Waals surface area contributed by atoms with Gasteiger partial charge in [-0.15, -0.1) is 0 Å². The molecule has 4 aromatic heterocycles. The molecule has 0 atom stereocenters. The van der Waals surface area contributed by atoms with E-state index in [1.165, 1.54) is 44.8 Å². The Balaban J connectivity index is 0.000000204. The topological polar surface area (TPSA) is 96.7 Å². The zero-order chi connectivity index (χ0) is 38.9. The van der Waals surface area contributed by atoms with Gasteiger partial charge in [-0.1, -0.05) is 55.1 Å². The van der Waals surface area contributed by atoms with E-state index in [-0.39, 0.29) is 46.4 Å². The largest absolute Gasteiger partial charge is 0.306 e. The summed E-state index contributed by atoms with van der Waals surface area (Å²) in [5.41, 5.74) is -2.24. The van der Waals surface area contributed by atoms with Crippen LogP contribution in [0, 0.1) is 34.9 Å². The Kier molecular flexibility index (Phi) is 12.2. The first-order valence-corrected chi connectivity index (χ1v) is 17.7. The number of hydrogen-bond acceptors (Lipinski definition) is 5. The summed E-state index contributed by atoms with van der Waals surface area (Å²) < 4.78 is 88.8. The van der Waals surface area contributed by atoms with Crippen molar-refractivity contribution in [1.29, 1.82) is 0 Å². The van der Waals surface area contributed by atoms with Crippen molar-refractivity contribution < 1.29 is 31.1 Å². The van der Waals surface area contributed by atoms with E-state index in [9.17, 15) is 40.7 Å². The van der Waals surface area contributed by atoms with Gasteiger partial charge in [-0.25, -0.2) is 35.7 Å². The van der Waals surface area contributed by atoms with Crippen LogP contribution < -0.4 is 11.1 Å². The first-order valence-electron chi connectivity index (χ1n) is 15.1. The van der Waals surface area contributed by atoms with Crippen LogP contribution in [-0.4, -0.2) is 35.0 Å². The predicted octanol–water partition coefficient (Wildman–Crippen LogP) is 9.18. The molecule has 0 aliphatic heterocycles. The Morgan fingerprint density at radius 3 is 1.42 bits per heavy atom. The summed E-state index contributed by atoms with van der Waals surface area (Å²) in [5.74, 6) is -6.79. The third kappa shape index (κ3) is 7.93. The van der Waals surface area contributed by atoms with Crippen LogP contribution in [0.25, 0.3) is 33.9 Å². The van der Waals surface area contributed by atoms with Crippen LogP contribution in [0.3, 0.4) is 0 Å². The third-order valence-corrected chi connectivity index (χ3v) is 9.05. The van der Waals surface area contributed by atoms with Crippen LogP contribution in [0.4, 0.5) is 26.3 Å². The normalized spacial score (nSPS) is 11.2. The maximum absolute atomic E-state index is 14.5. The lowest BCUT2D eigenvalue weighted by Gasteiger charge is -2.19. The van der Waals surface area contributed by atoms with Gasteiger partial charge in [0.2, 0.25) is 0 Å². The molecule has 2 aromatic carbocycles. The fourth-order valence-corrected chi connectivity index (χ4v) is 6.40. The fourth-order valence-electron chi connectivity index (χ4n) is 5.47. The van der Waals surface area contributed by atoms with Crippen LogP contribution in [0.2, 0.25) is 10.0 Å². The van der Waals surface area contributed by atoms with Gasteiger partial charge in [-0.05, 0) is 26.0 Å². The highest BCUT2D eigenvalue weighted by molar-refractivity contribution is 9.24. The zero-order valence-corrected chi connectivity index (χ0v) is 31.7. The van der Waals surface area contributed by atoms with E-state index < -0.39 is 60.9 Å². The average Bonchev–Trinajstić information content (AvgIpc) is 3.72. The van der Waals surface area contributed by atoms with Gasteiger partial charge in [-0.2, -0.15) is 10.2 Å². The van der Waals surface area contributed by atoms with Crippen LogP contribution in [0.15, 0.2) is 70.8 Å². The highest BCUT2D eigenvalue weighted by atomic mass is 79.9. The molecule has 0 spiro atoms. The summed E-state index contributed by atoms with van der Waals surface area (Å²) in [7, 11) is 0. The first-order chi connectivity index (χ1) is 25.1. The average molecular weight is 907 g/mol. The van der Waals surface area contributed by atoms with E-state index in [1.807, 2.05) is 0 Å². The zero-order valence-electron chi connectivity index (χ0n) is 27.0. The maximum atomic E-state index is 14.5. The number of pyridine rings is 2. The van der Waals surface area contributed by atoms with Crippen molar-refractivity contribution in [3.05, 3.63) is 138 Å².